The van der Waals surface area contributed by atoms with Crippen molar-refractivity contribution in [3.8, 4) is 11.5 Å². The molecule has 160 valence electrons. The van der Waals surface area contributed by atoms with E-state index >= 15 is 0 Å². The Balaban J connectivity index is 1.72. The number of hydrogen-bond donors (Lipinski definition) is 1. The van der Waals surface area contributed by atoms with Crippen molar-refractivity contribution in [3.63, 3.8) is 0 Å². The smallest absolute Gasteiger partial charge is 0.308 e. The van der Waals surface area contributed by atoms with Crippen LogP contribution in [0.3, 0.4) is 0 Å². The summed E-state index contributed by atoms with van der Waals surface area (Å²) in [6.07, 6.45) is 1.52. The summed E-state index contributed by atoms with van der Waals surface area (Å²) in [6.45, 7) is 2.79. The molecule has 3 rings (SSSR count). The van der Waals surface area contributed by atoms with Gasteiger partial charge in [-0.1, -0.05) is 18.2 Å². The number of amides is 3. The number of aryl methyl sites for hydroxylation is 1. The SMILES string of the molecule is COc1cc(/C=C2\SC(=O)N(CC(=O)Nc3cccc(C)c3)C2=O)ccc1OC(C)=O. The molecule has 2 aromatic rings. The Kier molecular flexibility index (Phi) is 6.76. The van der Waals surface area contributed by atoms with Gasteiger partial charge in [-0.15, -0.1) is 0 Å². The number of hydrogen-bond acceptors (Lipinski definition) is 7. The van der Waals surface area contributed by atoms with Crippen LogP contribution in [0.2, 0.25) is 0 Å². The molecule has 8 nitrogen and oxygen atoms in total. The number of thioether (sulfide) groups is 1. The van der Waals surface area contributed by atoms with Crippen LogP contribution in [0.15, 0.2) is 47.4 Å². The Morgan fingerprint density at radius 2 is 1.90 bits per heavy atom. The van der Waals surface area contributed by atoms with Gasteiger partial charge in [0.05, 0.1) is 12.0 Å². The lowest BCUT2D eigenvalue weighted by molar-refractivity contribution is -0.132. The van der Waals surface area contributed by atoms with Gasteiger partial charge in [-0.2, -0.15) is 0 Å². The topological polar surface area (TPSA) is 102 Å². The number of esters is 1. The van der Waals surface area contributed by atoms with Gasteiger partial charge < -0.3 is 14.8 Å². The van der Waals surface area contributed by atoms with Crippen molar-refractivity contribution in [2.24, 2.45) is 0 Å². The number of carbonyl (C=O) groups is 4. The number of ether oxygens (including phenoxy) is 2. The number of rotatable bonds is 6. The molecule has 0 aliphatic carbocycles. The third kappa shape index (κ3) is 5.52. The molecule has 9 heteroatoms. The molecule has 1 heterocycles. The highest BCUT2D eigenvalue weighted by Crippen LogP contribution is 2.34. The zero-order valence-corrected chi connectivity index (χ0v) is 17.9. The Labute approximate surface area is 183 Å². The minimum Gasteiger partial charge on any atom is -0.493 e. The van der Waals surface area contributed by atoms with E-state index in [2.05, 4.69) is 5.32 Å². The number of imide groups is 1. The minimum atomic E-state index is -0.558. The summed E-state index contributed by atoms with van der Waals surface area (Å²) in [5, 5.41) is 2.15. The second-order valence-electron chi connectivity index (χ2n) is 6.69. The fraction of sp³-hybridized carbons (Fsp3) is 0.182. The second kappa shape index (κ2) is 9.48. The number of nitrogens with zero attached hydrogens (tertiary/aromatic N) is 1. The molecule has 1 fully saturated rings. The van der Waals surface area contributed by atoms with E-state index in [4.69, 9.17) is 9.47 Å². The highest BCUT2D eigenvalue weighted by Gasteiger charge is 2.36. The second-order valence-corrected chi connectivity index (χ2v) is 7.68. The van der Waals surface area contributed by atoms with Gasteiger partial charge in [0.15, 0.2) is 11.5 Å². The van der Waals surface area contributed by atoms with Gasteiger partial charge in [0, 0.05) is 12.6 Å². The minimum absolute atomic E-state index is 0.177. The van der Waals surface area contributed by atoms with Crippen LogP contribution in [-0.4, -0.2) is 41.6 Å². The molecule has 0 spiro atoms. The third-order valence-corrected chi connectivity index (χ3v) is 5.12. The van der Waals surface area contributed by atoms with Gasteiger partial charge >= 0.3 is 5.97 Å². The maximum atomic E-state index is 12.7. The Morgan fingerprint density at radius 3 is 2.58 bits per heavy atom. The van der Waals surface area contributed by atoms with Crippen LogP contribution in [0.25, 0.3) is 6.08 Å². The predicted molar refractivity (Wildman–Crippen MR) is 117 cm³/mol. The summed E-state index contributed by atoms with van der Waals surface area (Å²) in [7, 11) is 1.42. The lowest BCUT2D eigenvalue weighted by Crippen LogP contribution is -2.36. The number of methoxy groups -OCH3 is 1. The first-order valence-electron chi connectivity index (χ1n) is 9.25. The molecule has 0 saturated carbocycles. The predicted octanol–water partition coefficient (Wildman–Crippen LogP) is 3.60. The average molecular weight is 440 g/mol. The van der Waals surface area contributed by atoms with Gasteiger partial charge in [-0.25, -0.2) is 0 Å². The summed E-state index contributed by atoms with van der Waals surface area (Å²) >= 11 is 0.748. The number of benzene rings is 2. The van der Waals surface area contributed by atoms with Crippen molar-refractivity contribution >= 4 is 46.5 Å². The van der Waals surface area contributed by atoms with Gasteiger partial charge in [0.1, 0.15) is 6.54 Å². The van der Waals surface area contributed by atoms with Crippen LogP contribution >= 0.6 is 11.8 Å². The Hall–Kier alpha value is -3.59. The van der Waals surface area contributed by atoms with Crippen molar-refractivity contribution in [2.75, 3.05) is 19.0 Å². The fourth-order valence-electron chi connectivity index (χ4n) is 2.87. The van der Waals surface area contributed by atoms with E-state index in [-0.39, 0.29) is 17.2 Å². The van der Waals surface area contributed by atoms with E-state index in [1.165, 1.54) is 26.2 Å². The van der Waals surface area contributed by atoms with Crippen molar-refractivity contribution in [1.29, 1.82) is 0 Å². The molecule has 1 N–H and O–H groups in total. The van der Waals surface area contributed by atoms with Crippen LogP contribution < -0.4 is 14.8 Å². The monoisotopic (exact) mass is 440 g/mol. The number of anilines is 1. The molecule has 1 aliphatic heterocycles. The quantitative estimate of drug-likeness (QED) is 0.416. The van der Waals surface area contributed by atoms with E-state index in [1.807, 2.05) is 13.0 Å². The first kappa shape index (κ1) is 22.1. The van der Waals surface area contributed by atoms with Gasteiger partial charge in [-0.05, 0) is 60.2 Å². The van der Waals surface area contributed by atoms with Crippen LogP contribution in [-0.2, 0) is 14.4 Å². The maximum absolute atomic E-state index is 12.7. The average Bonchev–Trinajstić information content (AvgIpc) is 2.96. The lowest BCUT2D eigenvalue weighted by Gasteiger charge is -2.12. The van der Waals surface area contributed by atoms with Crippen molar-refractivity contribution in [3.05, 3.63) is 58.5 Å². The third-order valence-electron chi connectivity index (χ3n) is 4.22. The number of carbonyl (C=O) groups excluding carboxylic acids is 4. The molecule has 0 unspecified atom stereocenters. The molecule has 1 aliphatic rings. The standard InChI is InChI=1S/C22H20N2O6S/c1-13-5-4-6-16(9-13)23-20(26)12-24-21(27)19(31-22(24)28)11-15-7-8-17(30-14(2)25)18(10-15)29-3/h4-11H,12H2,1-3H3,(H,23,26)/b19-11-. The molecule has 3 amide bonds. The highest BCUT2D eigenvalue weighted by atomic mass is 32.2. The van der Waals surface area contributed by atoms with Crippen molar-refractivity contribution in [2.45, 2.75) is 13.8 Å². The van der Waals surface area contributed by atoms with Gasteiger partial charge in [-0.3, -0.25) is 24.1 Å². The normalized spacial score (nSPS) is 14.7. The van der Waals surface area contributed by atoms with Crippen LogP contribution in [0.5, 0.6) is 11.5 Å². The number of nitrogens with one attached hydrogen (secondary N) is 1. The molecular formula is C22H20N2O6S. The van der Waals surface area contributed by atoms with Crippen LogP contribution in [0.1, 0.15) is 18.1 Å². The maximum Gasteiger partial charge on any atom is 0.308 e. The summed E-state index contributed by atoms with van der Waals surface area (Å²) < 4.78 is 10.3. The fourth-order valence-corrected chi connectivity index (χ4v) is 3.71. The molecule has 0 aromatic heterocycles. The van der Waals surface area contributed by atoms with E-state index in [0.717, 1.165) is 22.2 Å². The molecular weight excluding hydrogens is 420 g/mol. The summed E-state index contributed by atoms with van der Waals surface area (Å²) in [5.41, 5.74) is 2.14. The van der Waals surface area contributed by atoms with Crippen LogP contribution in [0.4, 0.5) is 10.5 Å². The summed E-state index contributed by atoms with van der Waals surface area (Å²) in [6, 6.07) is 11.9. The Morgan fingerprint density at radius 1 is 1.13 bits per heavy atom. The van der Waals surface area contributed by atoms with Gasteiger partial charge in [0.25, 0.3) is 11.1 Å². The molecule has 0 radical (unpaired) electrons. The van der Waals surface area contributed by atoms with Crippen LogP contribution in [0, 0.1) is 6.92 Å². The lowest BCUT2D eigenvalue weighted by atomic mass is 10.2. The van der Waals surface area contributed by atoms with Gasteiger partial charge in [0.2, 0.25) is 5.91 Å². The van der Waals surface area contributed by atoms with Crippen molar-refractivity contribution in [1.82, 2.24) is 4.90 Å². The molecule has 31 heavy (non-hydrogen) atoms. The zero-order valence-electron chi connectivity index (χ0n) is 17.1. The zero-order chi connectivity index (χ0) is 22.5. The first-order valence-corrected chi connectivity index (χ1v) is 10.1. The van der Waals surface area contributed by atoms with E-state index in [9.17, 15) is 19.2 Å². The van der Waals surface area contributed by atoms with E-state index < -0.39 is 23.0 Å². The first-order chi connectivity index (χ1) is 14.8. The van der Waals surface area contributed by atoms with E-state index in [1.54, 1.807) is 30.3 Å². The molecule has 1 saturated heterocycles. The highest BCUT2D eigenvalue weighted by molar-refractivity contribution is 8.18. The largest absolute Gasteiger partial charge is 0.493 e. The molecule has 0 atom stereocenters. The van der Waals surface area contributed by atoms with Crippen molar-refractivity contribution < 1.29 is 28.7 Å². The molecule has 0 bridgehead atoms. The van der Waals surface area contributed by atoms with E-state index in [0.29, 0.717) is 17.0 Å². The summed E-state index contributed by atoms with van der Waals surface area (Å²) in [5.74, 6) is -0.969. The Bertz CT molecular complexity index is 1100. The molecule has 2 aromatic carbocycles. The summed E-state index contributed by atoms with van der Waals surface area (Å²) in [4.78, 5) is 49.5.